The van der Waals surface area contributed by atoms with Gasteiger partial charge >= 0.3 is 5.69 Å². The smallest absolute Gasteiger partial charge is 0.333 e. The van der Waals surface area contributed by atoms with Crippen LogP contribution in [0.4, 0.5) is 11.5 Å². The lowest BCUT2D eigenvalue weighted by atomic mass is 9.99. The van der Waals surface area contributed by atoms with Gasteiger partial charge in [0.1, 0.15) is 11.4 Å². The van der Waals surface area contributed by atoms with E-state index in [1.165, 1.54) is 0 Å². The van der Waals surface area contributed by atoms with Gasteiger partial charge < -0.3 is 9.64 Å². The summed E-state index contributed by atoms with van der Waals surface area (Å²) in [5.74, 6) is 1.80. The number of aromatic nitrogens is 2. The van der Waals surface area contributed by atoms with Crippen LogP contribution in [0.5, 0.6) is 5.75 Å². The Hall–Kier alpha value is -2.57. The molecule has 2 heterocycles. The second kappa shape index (κ2) is 6.90. The van der Waals surface area contributed by atoms with Crippen molar-refractivity contribution in [2.24, 2.45) is 13.0 Å². The van der Waals surface area contributed by atoms with Gasteiger partial charge in [0.05, 0.1) is 11.5 Å². The van der Waals surface area contributed by atoms with E-state index in [1.54, 1.807) is 18.7 Å². The molecule has 2 aromatic rings. The van der Waals surface area contributed by atoms with Crippen molar-refractivity contribution >= 4 is 11.5 Å². The van der Waals surface area contributed by atoms with E-state index in [-0.39, 0.29) is 10.6 Å². The molecular formula is C17H22N4O3. The highest BCUT2D eigenvalue weighted by molar-refractivity contribution is 5.61. The standard InChI is InChI=1S/C17H22N4O3/c1-13-16(21(22)23)17(19(2)18-13)20-10-6-7-14(11-20)12-24-15-8-4-3-5-9-15/h3-5,8-9,14H,6-7,10-12H2,1-2H3. The van der Waals surface area contributed by atoms with Crippen LogP contribution in [-0.4, -0.2) is 34.4 Å². The Balaban J connectivity index is 1.71. The fraction of sp³-hybridized carbons (Fsp3) is 0.471. The maximum Gasteiger partial charge on any atom is 0.333 e. The second-order valence-electron chi connectivity index (χ2n) is 6.22. The van der Waals surface area contributed by atoms with Crippen molar-refractivity contribution in [3.8, 4) is 5.75 Å². The zero-order chi connectivity index (χ0) is 17.1. The van der Waals surface area contributed by atoms with Gasteiger partial charge in [-0.1, -0.05) is 18.2 Å². The molecule has 0 radical (unpaired) electrons. The Morgan fingerprint density at radius 2 is 2.12 bits per heavy atom. The number of para-hydroxylation sites is 1. The van der Waals surface area contributed by atoms with Crippen LogP contribution in [0.2, 0.25) is 0 Å². The van der Waals surface area contributed by atoms with Crippen molar-refractivity contribution in [2.45, 2.75) is 19.8 Å². The number of hydrogen-bond acceptors (Lipinski definition) is 5. The van der Waals surface area contributed by atoms with Crippen molar-refractivity contribution in [1.82, 2.24) is 9.78 Å². The molecule has 24 heavy (non-hydrogen) atoms. The third kappa shape index (κ3) is 3.34. The number of rotatable bonds is 5. The minimum atomic E-state index is -0.332. The van der Waals surface area contributed by atoms with E-state index in [0.717, 1.165) is 31.7 Å². The zero-order valence-electron chi connectivity index (χ0n) is 14.0. The lowest BCUT2D eigenvalue weighted by Gasteiger charge is -2.33. The van der Waals surface area contributed by atoms with Crippen LogP contribution in [-0.2, 0) is 7.05 Å². The summed E-state index contributed by atoms with van der Waals surface area (Å²) in [6.07, 6.45) is 2.05. The Bertz CT molecular complexity index is 714. The van der Waals surface area contributed by atoms with Crippen molar-refractivity contribution in [3.63, 3.8) is 0 Å². The Morgan fingerprint density at radius 1 is 1.38 bits per heavy atom. The fourth-order valence-corrected chi connectivity index (χ4v) is 3.33. The molecule has 1 unspecified atom stereocenters. The van der Waals surface area contributed by atoms with Gasteiger partial charge in [-0.25, -0.2) is 4.68 Å². The summed E-state index contributed by atoms with van der Waals surface area (Å²) in [5.41, 5.74) is 0.572. The molecule has 1 aliphatic heterocycles. The average Bonchev–Trinajstić information content (AvgIpc) is 2.88. The van der Waals surface area contributed by atoms with E-state index in [9.17, 15) is 10.1 Å². The molecule has 0 N–H and O–H groups in total. The maximum atomic E-state index is 11.4. The molecular weight excluding hydrogens is 308 g/mol. The summed E-state index contributed by atoms with van der Waals surface area (Å²) >= 11 is 0. The predicted molar refractivity (Wildman–Crippen MR) is 91.5 cm³/mol. The highest BCUT2D eigenvalue weighted by Gasteiger charge is 2.31. The van der Waals surface area contributed by atoms with Crippen molar-refractivity contribution in [1.29, 1.82) is 0 Å². The lowest BCUT2D eigenvalue weighted by Crippen LogP contribution is -2.39. The first-order chi connectivity index (χ1) is 11.6. The van der Waals surface area contributed by atoms with Crippen molar-refractivity contribution in [2.75, 3.05) is 24.6 Å². The molecule has 0 amide bonds. The van der Waals surface area contributed by atoms with Gasteiger partial charge in [0.25, 0.3) is 0 Å². The van der Waals surface area contributed by atoms with Gasteiger partial charge in [0, 0.05) is 26.1 Å². The first kappa shape index (κ1) is 16.3. The Kier molecular flexibility index (Phi) is 4.69. The molecule has 1 saturated heterocycles. The van der Waals surface area contributed by atoms with E-state index in [0.29, 0.717) is 24.0 Å². The molecule has 0 saturated carbocycles. The second-order valence-corrected chi connectivity index (χ2v) is 6.22. The molecule has 1 aromatic carbocycles. The number of nitro groups is 1. The number of hydrogen-bond donors (Lipinski definition) is 0. The third-order valence-electron chi connectivity index (χ3n) is 4.39. The van der Waals surface area contributed by atoms with Gasteiger partial charge in [-0.2, -0.15) is 5.10 Å². The van der Waals surface area contributed by atoms with Crippen LogP contribution in [0.25, 0.3) is 0 Å². The lowest BCUT2D eigenvalue weighted by molar-refractivity contribution is -0.384. The van der Waals surface area contributed by atoms with Crippen LogP contribution in [0.1, 0.15) is 18.5 Å². The number of nitrogens with zero attached hydrogens (tertiary/aromatic N) is 4. The highest BCUT2D eigenvalue weighted by Crippen LogP contribution is 2.33. The van der Waals surface area contributed by atoms with Gasteiger partial charge in [0.2, 0.25) is 5.82 Å². The number of aryl methyl sites for hydroxylation is 2. The average molecular weight is 330 g/mol. The van der Waals surface area contributed by atoms with E-state index in [1.807, 2.05) is 30.3 Å². The quantitative estimate of drug-likeness (QED) is 0.622. The molecule has 1 aromatic heterocycles. The normalized spacial score (nSPS) is 17.8. The molecule has 7 heteroatoms. The first-order valence-electron chi connectivity index (χ1n) is 8.17. The van der Waals surface area contributed by atoms with E-state index in [2.05, 4.69) is 10.00 Å². The van der Waals surface area contributed by atoms with Crippen LogP contribution in [0.15, 0.2) is 30.3 Å². The summed E-state index contributed by atoms with van der Waals surface area (Å²) < 4.78 is 7.48. The number of anilines is 1. The Labute approximate surface area is 141 Å². The summed E-state index contributed by atoms with van der Waals surface area (Å²) in [7, 11) is 1.76. The summed E-state index contributed by atoms with van der Waals surface area (Å²) in [6.45, 7) is 3.85. The van der Waals surface area contributed by atoms with Gasteiger partial charge in [-0.3, -0.25) is 10.1 Å². The number of ether oxygens (including phenoxy) is 1. The topological polar surface area (TPSA) is 73.4 Å². The molecule has 1 aliphatic rings. The summed E-state index contributed by atoms with van der Waals surface area (Å²) in [4.78, 5) is 13.1. The molecule has 1 fully saturated rings. The SMILES string of the molecule is Cc1nn(C)c(N2CCCC(COc3ccccc3)C2)c1[N+](=O)[O-]. The molecule has 0 bridgehead atoms. The molecule has 3 rings (SSSR count). The highest BCUT2D eigenvalue weighted by atomic mass is 16.6. The molecule has 1 atom stereocenters. The monoisotopic (exact) mass is 330 g/mol. The Morgan fingerprint density at radius 3 is 2.83 bits per heavy atom. The van der Waals surface area contributed by atoms with Crippen LogP contribution in [0.3, 0.4) is 0 Å². The fourth-order valence-electron chi connectivity index (χ4n) is 3.33. The summed E-state index contributed by atoms with van der Waals surface area (Å²) in [6, 6.07) is 9.74. The zero-order valence-corrected chi connectivity index (χ0v) is 14.0. The molecule has 7 nitrogen and oxygen atoms in total. The molecule has 128 valence electrons. The van der Waals surface area contributed by atoms with E-state index >= 15 is 0 Å². The predicted octanol–water partition coefficient (Wildman–Crippen LogP) is 2.93. The van der Waals surface area contributed by atoms with Crippen LogP contribution in [0, 0.1) is 23.0 Å². The molecule has 0 aliphatic carbocycles. The van der Waals surface area contributed by atoms with Crippen molar-refractivity contribution in [3.05, 3.63) is 46.1 Å². The summed E-state index contributed by atoms with van der Waals surface area (Å²) in [5, 5.41) is 15.6. The molecule has 0 spiro atoms. The van der Waals surface area contributed by atoms with E-state index < -0.39 is 0 Å². The first-order valence-corrected chi connectivity index (χ1v) is 8.17. The third-order valence-corrected chi connectivity index (χ3v) is 4.39. The number of piperidine rings is 1. The minimum absolute atomic E-state index is 0.113. The largest absolute Gasteiger partial charge is 0.493 e. The van der Waals surface area contributed by atoms with Gasteiger partial charge in [0.15, 0.2) is 0 Å². The number of benzene rings is 1. The van der Waals surface area contributed by atoms with Crippen LogP contribution < -0.4 is 9.64 Å². The maximum absolute atomic E-state index is 11.4. The minimum Gasteiger partial charge on any atom is -0.493 e. The van der Waals surface area contributed by atoms with E-state index in [4.69, 9.17) is 4.74 Å². The van der Waals surface area contributed by atoms with Crippen molar-refractivity contribution < 1.29 is 9.66 Å². The van der Waals surface area contributed by atoms with Gasteiger partial charge in [-0.15, -0.1) is 0 Å². The van der Waals surface area contributed by atoms with Crippen LogP contribution >= 0.6 is 0 Å². The van der Waals surface area contributed by atoms with Gasteiger partial charge in [-0.05, 0) is 31.9 Å².